The molecule has 0 fully saturated rings. The zero-order valence-corrected chi connectivity index (χ0v) is 16.9. The lowest BCUT2D eigenvalue weighted by Gasteiger charge is -2.26. The van der Waals surface area contributed by atoms with Crippen molar-refractivity contribution in [2.45, 2.75) is 25.9 Å². The third kappa shape index (κ3) is 4.87. The van der Waals surface area contributed by atoms with Crippen LogP contribution in [0, 0.1) is 6.92 Å². The van der Waals surface area contributed by atoms with E-state index in [1.807, 2.05) is 36.2 Å². The molecule has 2 atom stereocenters. The Bertz CT molecular complexity index is 875. The number of carbonyl (C=O) groups excluding carboxylic acids is 1. The number of rotatable bonds is 7. The topological polar surface area (TPSA) is 36.9 Å². The molecule has 28 heavy (non-hydrogen) atoms. The van der Waals surface area contributed by atoms with E-state index in [2.05, 4.69) is 79.8 Å². The number of quaternary nitrogens is 1. The number of aryl methyl sites for hydroxylation is 1. The molecule has 2 N–H and O–H groups in total. The number of hydrogen-bond donors (Lipinski definition) is 1. The molecule has 144 valence electrons. The van der Waals surface area contributed by atoms with Gasteiger partial charge in [0.1, 0.15) is 6.04 Å². The molecule has 0 aliphatic rings. The van der Waals surface area contributed by atoms with Crippen molar-refractivity contribution in [1.82, 2.24) is 4.90 Å². The fraction of sp³-hybridized carbons (Fsp3) is 0.240. The van der Waals surface area contributed by atoms with Gasteiger partial charge in [-0.3, -0.25) is 4.79 Å². The van der Waals surface area contributed by atoms with Crippen molar-refractivity contribution in [2.75, 3.05) is 13.6 Å². The van der Waals surface area contributed by atoms with E-state index in [0.717, 1.165) is 5.56 Å². The molecule has 0 saturated carbocycles. The van der Waals surface area contributed by atoms with Gasteiger partial charge in [-0.2, -0.15) is 0 Å². The Balaban J connectivity index is 1.72. The predicted molar refractivity (Wildman–Crippen MR) is 114 cm³/mol. The molecule has 0 aliphatic heterocycles. The second kappa shape index (κ2) is 9.34. The van der Waals surface area contributed by atoms with Crippen LogP contribution in [-0.2, 0) is 4.79 Å². The molecule has 3 aromatic carbocycles. The van der Waals surface area contributed by atoms with Crippen LogP contribution in [0.4, 0.5) is 0 Å². The summed E-state index contributed by atoms with van der Waals surface area (Å²) in [6, 6.07) is 29.3. The highest BCUT2D eigenvalue weighted by Crippen LogP contribution is 2.20. The quantitative estimate of drug-likeness (QED) is 0.671. The Kier molecular flexibility index (Phi) is 6.62. The first-order chi connectivity index (χ1) is 13.6. The maximum Gasteiger partial charge on any atom is 0.277 e. The summed E-state index contributed by atoms with van der Waals surface area (Å²) in [6.07, 6.45) is 0. The third-order valence-electron chi connectivity index (χ3n) is 5.38. The number of nitrogens with two attached hydrogens (primary N) is 1. The fourth-order valence-corrected chi connectivity index (χ4v) is 3.43. The normalized spacial score (nSPS) is 13.0. The molecule has 0 bridgehead atoms. The lowest BCUT2D eigenvalue weighted by molar-refractivity contribution is -0.677. The molecule has 0 spiro atoms. The Labute approximate surface area is 168 Å². The van der Waals surface area contributed by atoms with E-state index < -0.39 is 0 Å². The number of likely N-dealkylation sites (N-methyl/N-ethyl adjacent to an activating group) is 1. The average molecular weight is 374 g/mol. The van der Waals surface area contributed by atoms with Crippen molar-refractivity contribution in [3.8, 4) is 0 Å². The van der Waals surface area contributed by atoms with E-state index in [-0.39, 0.29) is 18.0 Å². The van der Waals surface area contributed by atoms with Crippen molar-refractivity contribution >= 4 is 5.91 Å². The standard InChI is InChI=1S/C25H28N2O/c1-19-14-16-23(17-15-19)25(22-12-8-5-9-13-22)26-18-24(28)27(3)20(2)21-10-6-4-7-11-21/h4-17,20,25-26H,18H2,1-3H3/p+1/t20-,25+/m0/s1. The van der Waals surface area contributed by atoms with Crippen LogP contribution >= 0.6 is 0 Å². The van der Waals surface area contributed by atoms with Gasteiger partial charge in [0.2, 0.25) is 0 Å². The molecule has 1 amide bonds. The van der Waals surface area contributed by atoms with Crippen molar-refractivity contribution in [3.05, 3.63) is 107 Å². The lowest BCUT2D eigenvalue weighted by atomic mass is 9.98. The van der Waals surface area contributed by atoms with Crippen LogP contribution in [0.2, 0.25) is 0 Å². The Hall–Kier alpha value is -2.91. The van der Waals surface area contributed by atoms with Crippen molar-refractivity contribution in [2.24, 2.45) is 0 Å². The molecular weight excluding hydrogens is 344 g/mol. The molecule has 0 radical (unpaired) electrons. The fourth-order valence-electron chi connectivity index (χ4n) is 3.43. The number of amides is 1. The van der Waals surface area contributed by atoms with Gasteiger partial charge in [0.15, 0.2) is 6.54 Å². The van der Waals surface area contributed by atoms with Gasteiger partial charge >= 0.3 is 0 Å². The van der Waals surface area contributed by atoms with E-state index >= 15 is 0 Å². The van der Waals surface area contributed by atoms with E-state index in [0.29, 0.717) is 6.54 Å². The second-order valence-electron chi connectivity index (χ2n) is 7.33. The summed E-state index contributed by atoms with van der Waals surface area (Å²) in [5, 5.41) is 2.14. The average Bonchev–Trinajstić information content (AvgIpc) is 2.75. The maximum atomic E-state index is 12.9. The van der Waals surface area contributed by atoms with Crippen LogP contribution < -0.4 is 5.32 Å². The summed E-state index contributed by atoms with van der Waals surface area (Å²) in [5.74, 6) is 0.129. The molecule has 0 aliphatic carbocycles. The summed E-state index contributed by atoms with van der Waals surface area (Å²) in [4.78, 5) is 14.7. The largest absolute Gasteiger partial charge is 0.334 e. The highest BCUT2D eigenvalue weighted by molar-refractivity contribution is 5.77. The van der Waals surface area contributed by atoms with Crippen molar-refractivity contribution < 1.29 is 10.1 Å². The van der Waals surface area contributed by atoms with Gasteiger partial charge in [-0.05, 0) is 19.4 Å². The zero-order chi connectivity index (χ0) is 19.9. The van der Waals surface area contributed by atoms with Gasteiger partial charge in [-0.25, -0.2) is 0 Å². The zero-order valence-electron chi connectivity index (χ0n) is 16.9. The molecule has 0 unspecified atom stereocenters. The van der Waals surface area contributed by atoms with Gasteiger partial charge in [-0.1, -0.05) is 90.5 Å². The van der Waals surface area contributed by atoms with Gasteiger partial charge in [-0.15, -0.1) is 0 Å². The van der Waals surface area contributed by atoms with Crippen molar-refractivity contribution in [3.63, 3.8) is 0 Å². The first-order valence-corrected chi connectivity index (χ1v) is 9.81. The maximum absolute atomic E-state index is 12.9. The van der Waals surface area contributed by atoms with Crippen LogP contribution in [0.25, 0.3) is 0 Å². The highest BCUT2D eigenvalue weighted by Gasteiger charge is 2.22. The first-order valence-electron chi connectivity index (χ1n) is 9.81. The van der Waals surface area contributed by atoms with Crippen LogP contribution in [0.5, 0.6) is 0 Å². The highest BCUT2D eigenvalue weighted by atomic mass is 16.2. The number of benzene rings is 3. The van der Waals surface area contributed by atoms with Crippen LogP contribution in [0.3, 0.4) is 0 Å². The molecule has 3 aromatic rings. The molecule has 3 nitrogen and oxygen atoms in total. The van der Waals surface area contributed by atoms with Gasteiger partial charge in [0.05, 0.1) is 6.04 Å². The van der Waals surface area contributed by atoms with Gasteiger partial charge in [0.25, 0.3) is 5.91 Å². The predicted octanol–water partition coefficient (Wildman–Crippen LogP) is 3.87. The Morgan fingerprint density at radius 3 is 1.89 bits per heavy atom. The smallest absolute Gasteiger partial charge is 0.277 e. The van der Waals surface area contributed by atoms with E-state index in [4.69, 9.17) is 0 Å². The Morgan fingerprint density at radius 1 is 0.821 bits per heavy atom. The van der Waals surface area contributed by atoms with Gasteiger partial charge < -0.3 is 10.2 Å². The van der Waals surface area contributed by atoms with Crippen molar-refractivity contribution in [1.29, 1.82) is 0 Å². The van der Waals surface area contributed by atoms with E-state index in [9.17, 15) is 4.79 Å². The molecule has 3 heteroatoms. The molecule has 0 saturated heterocycles. The SMILES string of the molecule is Cc1ccc([C@H]([NH2+]CC(=O)N(C)[C@@H](C)c2ccccc2)c2ccccc2)cc1. The monoisotopic (exact) mass is 373 g/mol. The molecule has 0 heterocycles. The number of carbonyl (C=O) groups is 1. The summed E-state index contributed by atoms with van der Waals surface area (Å²) < 4.78 is 0. The van der Waals surface area contributed by atoms with Crippen LogP contribution in [-0.4, -0.2) is 24.4 Å². The minimum Gasteiger partial charge on any atom is -0.334 e. The minimum absolute atomic E-state index is 0.0525. The Morgan fingerprint density at radius 2 is 1.32 bits per heavy atom. The van der Waals surface area contributed by atoms with Crippen LogP contribution in [0.15, 0.2) is 84.9 Å². The molecule has 0 aromatic heterocycles. The van der Waals surface area contributed by atoms with Crippen LogP contribution in [0.1, 0.15) is 41.3 Å². The summed E-state index contributed by atoms with van der Waals surface area (Å²) in [7, 11) is 1.89. The minimum atomic E-state index is 0.0525. The van der Waals surface area contributed by atoms with Gasteiger partial charge in [0, 0.05) is 18.2 Å². The number of hydrogen-bond acceptors (Lipinski definition) is 1. The summed E-state index contributed by atoms with van der Waals surface area (Å²) in [5.41, 5.74) is 4.81. The second-order valence-corrected chi connectivity index (χ2v) is 7.33. The summed E-state index contributed by atoms with van der Waals surface area (Å²) >= 11 is 0. The molecular formula is C25H29N2O+. The molecule has 3 rings (SSSR count). The lowest BCUT2D eigenvalue weighted by Crippen LogP contribution is -2.87. The first kappa shape index (κ1) is 19.8. The van der Waals surface area contributed by atoms with E-state index in [1.165, 1.54) is 16.7 Å². The number of nitrogens with zero attached hydrogens (tertiary/aromatic N) is 1. The summed E-state index contributed by atoms with van der Waals surface area (Å²) in [6.45, 7) is 4.57. The van der Waals surface area contributed by atoms with E-state index in [1.54, 1.807) is 0 Å². The third-order valence-corrected chi connectivity index (χ3v) is 5.38.